The summed E-state index contributed by atoms with van der Waals surface area (Å²) in [6.07, 6.45) is 3.92. The number of non-ortho nitro benzene ring substituents is 1. The second kappa shape index (κ2) is 6.15. The summed E-state index contributed by atoms with van der Waals surface area (Å²) < 4.78 is 0. The SMILES string of the molecule is CC1CCCC(C)C1NCc1ccc([N+](=O)[O-])cc1. The van der Waals surface area contributed by atoms with Gasteiger partial charge in [-0.05, 0) is 30.2 Å². The molecule has 4 heteroatoms. The predicted molar refractivity (Wildman–Crippen MR) is 75.9 cm³/mol. The lowest BCUT2D eigenvalue weighted by Gasteiger charge is -2.35. The molecule has 0 aromatic heterocycles. The minimum Gasteiger partial charge on any atom is -0.309 e. The van der Waals surface area contributed by atoms with Crippen molar-refractivity contribution >= 4 is 5.69 Å². The average Bonchev–Trinajstić information content (AvgIpc) is 2.38. The van der Waals surface area contributed by atoms with E-state index in [1.54, 1.807) is 12.1 Å². The molecule has 1 aliphatic rings. The molecule has 1 saturated carbocycles. The molecular formula is C15H22N2O2. The van der Waals surface area contributed by atoms with Crippen molar-refractivity contribution in [3.05, 3.63) is 39.9 Å². The summed E-state index contributed by atoms with van der Waals surface area (Å²) in [7, 11) is 0. The zero-order valence-corrected chi connectivity index (χ0v) is 11.6. The van der Waals surface area contributed by atoms with Gasteiger partial charge in [0.15, 0.2) is 0 Å². The first kappa shape index (κ1) is 14.0. The molecule has 1 aliphatic carbocycles. The molecule has 1 aromatic rings. The van der Waals surface area contributed by atoms with Crippen molar-refractivity contribution in [3.63, 3.8) is 0 Å². The Morgan fingerprint density at radius 3 is 2.32 bits per heavy atom. The molecule has 104 valence electrons. The van der Waals surface area contributed by atoms with Crippen LogP contribution in [0.2, 0.25) is 0 Å². The molecule has 1 N–H and O–H groups in total. The third kappa shape index (κ3) is 3.53. The monoisotopic (exact) mass is 262 g/mol. The summed E-state index contributed by atoms with van der Waals surface area (Å²) in [5, 5.41) is 14.2. The van der Waals surface area contributed by atoms with Gasteiger partial charge in [-0.1, -0.05) is 32.4 Å². The minimum absolute atomic E-state index is 0.156. The van der Waals surface area contributed by atoms with E-state index in [1.807, 2.05) is 12.1 Å². The second-order valence-electron chi connectivity index (χ2n) is 5.72. The third-order valence-electron chi connectivity index (χ3n) is 4.23. The fourth-order valence-electron chi connectivity index (χ4n) is 3.06. The summed E-state index contributed by atoms with van der Waals surface area (Å²) in [6, 6.07) is 7.38. The van der Waals surface area contributed by atoms with Gasteiger partial charge >= 0.3 is 0 Å². The van der Waals surface area contributed by atoms with Crippen LogP contribution in [0.1, 0.15) is 38.7 Å². The molecule has 0 heterocycles. The fourth-order valence-corrected chi connectivity index (χ4v) is 3.06. The predicted octanol–water partition coefficient (Wildman–Crippen LogP) is 3.51. The van der Waals surface area contributed by atoms with Crippen LogP contribution in [0.5, 0.6) is 0 Å². The highest BCUT2D eigenvalue weighted by molar-refractivity contribution is 5.32. The van der Waals surface area contributed by atoms with Gasteiger partial charge in [-0.25, -0.2) is 0 Å². The van der Waals surface area contributed by atoms with Crippen LogP contribution in [0.25, 0.3) is 0 Å². The van der Waals surface area contributed by atoms with E-state index in [9.17, 15) is 10.1 Å². The van der Waals surface area contributed by atoms with Gasteiger partial charge in [0, 0.05) is 24.7 Å². The van der Waals surface area contributed by atoms with Crippen molar-refractivity contribution in [1.82, 2.24) is 5.32 Å². The maximum atomic E-state index is 10.6. The first-order valence-corrected chi connectivity index (χ1v) is 7.04. The fraction of sp³-hybridized carbons (Fsp3) is 0.600. The Kier molecular flexibility index (Phi) is 4.53. The lowest BCUT2D eigenvalue weighted by molar-refractivity contribution is -0.384. The summed E-state index contributed by atoms with van der Waals surface area (Å²) >= 11 is 0. The summed E-state index contributed by atoms with van der Waals surface area (Å²) in [4.78, 5) is 10.2. The van der Waals surface area contributed by atoms with Crippen LogP contribution in [-0.4, -0.2) is 11.0 Å². The van der Waals surface area contributed by atoms with Crippen molar-refractivity contribution in [3.8, 4) is 0 Å². The third-order valence-corrected chi connectivity index (χ3v) is 4.23. The Hall–Kier alpha value is -1.42. The van der Waals surface area contributed by atoms with Crippen molar-refractivity contribution in [2.24, 2.45) is 11.8 Å². The van der Waals surface area contributed by atoms with Crippen LogP contribution >= 0.6 is 0 Å². The first-order chi connectivity index (χ1) is 9.08. The van der Waals surface area contributed by atoms with Crippen molar-refractivity contribution in [2.45, 2.75) is 45.7 Å². The van der Waals surface area contributed by atoms with Gasteiger partial charge in [0.1, 0.15) is 0 Å². The zero-order valence-electron chi connectivity index (χ0n) is 11.6. The second-order valence-corrected chi connectivity index (χ2v) is 5.72. The van der Waals surface area contributed by atoms with Crippen molar-refractivity contribution in [2.75, 3.05) is 0 Å². The summed E-state index contributed by atoms with van der Waals surface area (Å²) in [5.74, 6) is 1.42. The van der Waals surface area contributed by atoms with E-state index >= 15 is 0 Å². The van der Waals surface area contributed by atoms with E-state index in [-0.39, 0.29) is 10.6 Å². The number of nitrogens with one attached hydrogen (secondary N) is 1. The van der Waals surface area contributed by atoms with Gasteiger partial charge in [-0.15, -0.1) is 0 Å². The van der Waals surface area contributed by atoms with E-state index in [0.29, 0.717) is 17.9 Å². The Labute approximate surface area is 114 Å². The number of nitrogens with zero attached hydrogens (tertiary/aromatic N) is 1. The molecule has 1 aromatic carbocycles. The maximum absolute atomic E-state index is 10.6. The molecule has 1 fully saturated rings. The Morgan fingerprint density at radius 1 is 1.21 bits per heavy atom. The highest BCUT2D eigenvalue weighted by Gasteiger charge is 2.26. The standard InChI is InChI=1S/C15H22N2O2/c1-11-4-3-5-12(2)15(11)16-10-13-6-8-14(9-7-13)17(18)19/h6-9,11-12,15-16H,3-5,10H2,1-2H3. The van der Waals surface area contributed by atoms with Crippen LogP contribution in [0, 0.1) is 22.0 Å². The Morgan fingerprint density at radius 2 is 1.79 bits per heavy atom. The molecule has 2 unspecified atom stereocenters. The van der Waals surface area contributed by atoms with E-state index in [0.717, 1.165) is 12.1 Å². The highest BCUT2D eigenvalue weighted by Crippen LogP contribution is 2.29. The molecule has 19 heavy (non-hydrogen) atoms. The zero-order chi connectivity index (χ0) is 13.8. The molecular weight excluding hydrogens is 240 g/mol. The van der Waals surface area contributed by atoms with Crippen LogP contribution in [-0.2, 0) is 6.54 Å². The van der Waals surface area contributed by atoms with Gasteiger partial charge in [-0.3, -0.25) is 10.1 Å². The molecule has 2 atom stereocenters. The molecule has 0 bridgehead atoms. The van der Waals surface area contributed by atoms with Crippen molar-refractivity contribution in [1.29, 1.82) is 0 Å². The van der Waals surface area contributed by atoms with Gasteiger partial charge in [0.25, 0.3) is 5.69 Å². The van der Waals surface area contributed by atoms with Gasteiger partial charge in [0.2, 0.25) is 0 Å². The van der Waals surface area contributed by atoms with Crippen LogP contribution in [0.4, 0.5) is 5.69 Å². The smallest absolute Gasteiger partial charge is 0.269 e. The first-order valence-electron chi connectivity index (χ1n) is 7.04. The molecule has 0 amide bonds. The van der Waals surface area contributed by atoms with E-state index in [2.05, 4.69) is 19.2 Å². The van der Waals surface area contributed by atoms with Crippen LogP contribution in [0.3, 0.4) is 0 Å². The van der Waals surface area contributed by atoms with Gasteiger partial charge in [0.05, 0.1) is 4.92 Å². The van der Waals surface area contributed by atoms with Crippen LogP contribution < -0.4 is 5.32 Å². The lowest BCUT2D eigenvalue weighted by Crippen LogP contribution is -2.42. The number of benzene rings is 1. The number of nitro benzene ring substituents is 1. The lowest BCUT2D eigenvalue weighted by atomic mass is 9.78. The average molecular weight is 262 g/mol. The topological polar surface area (TPSA) is 55.2 Å². The molecule has 0 radical (unpaired) electrons. The maximum Gasteiger partial charge on any atom is 0.269 e. The molecule has 0 spiro atoms. The van der Waals surface area contributed by atoms with E-state index in [4.69, 9.17) is 0 Å². The highest BCUT2D eigenvalue weighted by atomic mass is 16.6. The molecule has 0 saturated heterocycles. The molecule has 4 nitrogen and oxygen atoms in total. The largest absolute Gasteiger partial charge is 0.309 e. The van der Waals surface area contributed by atoms with E-state index < -0.39 is 0 Å². The quantitative estimate of drug-likeness (QED) is 0.667. The number of hydrogen-bond donors (Lipinski definition) is 1. The molecule has 2 rings (SSSR count). The Bertz CT molecular complexity index is 420. The van der Waals surface area contributed by atoms with E-state index in [1.165, 1.54) is 19.3 Å². The Balaban J connectivity index is 1.92. The number of nitro groups is 1. The minimum atomic E-state index is -0.359. The van der Waals surface area contributed by atoms with Crippen LogP contribution in [0.15, 0.2) is 24.3 Å². The molecule has 0 aliphatic heterocycles. The normalized spacial score (nSPS) is 27.2. The van der Waals surface area contributed by atoms with Gasteiger partial charge < -0.3 is 5.32 Å². The van der Waals surface area contributed by atoms with Gasteiger partial charge in [-0.2, -0.15) is 0 Å². The number of hydrogen-bond acceptors (Lipinski definition) is 3. The summed E-state index contributed by atoms with van der Waals surface area (Å²) in [6.45, 7) is 5.41. The summed E-state index contributed by atoms with van der Waals surface area (Å²) in [5.41, 5.74) is 1.26. The number of rotatable bonds is 4. The van der Waals surface area contributed by atoms with Crippen molar-refractivity contribution < 1.29 is 4.92 Å².